The van der Waals surface area contributed by atoms with Crippen molar-refractivity contribution in [3.8, 4) is 0 Å². The minimum Gasteiger partial charge on any atom is -0.372 e. The molecule has 0 amide bonds. The number of hydrogen-bond acceptors (Lipinski definition) is 1. The van der Waals surface area contributed by atoms with Crippen LogP contribution < -0.4 is 0 Å². The lowest BCUT2D eigenvalue weighted by atomic mass is 10.1. The van der Waals surface area contributed by atoms with Gasteiger partial charge >= 0.3 is 0 Å². The van der Waals surface area contributed by atoms with Crippen molar-refractivity contribution in [1.29, 1.82) is 0 Å². The number of ether oxygens (including phenoxy) is 1. The van der Waals surface area contributed by atoms with Crippen molar-refractivity contribution in [3.05, 3.63) is 22.4 Å². The average molecular weight is 238 g/mol. The predicted molar refractivity (Wildman–Crippen MR) is 74.5 cm³/mol. The van der Waals surface area contributed by atoms with Gasteiger partial charge in [0.2, 0.25) is 0 Å². The summed E-state index contributed by atoms with van der Waals surface area (Å²) in [5, 5.41) is 1.70. The molecule has 0 saturated carbocycles. The monoisotopic (exact) mass is 238 g/mol. The molecule has 1 saturated heterocycles. The van der Waals surface area contributed by atoms with Crippen LogP contribution in [0.1, 0.15) is 34.6 Å². The van der Waals surface area contributed by atoms with E-state index in [0.29, 0.717) is 0 Å². The third kappa shape index (κ3) is 2.33. The highest BCUT2D eigenvalue weighted by Gasteiger charge is 2.32. The molecular formula is C14H26OSi. The number of hydrogen-bond donors (Lipinski definition) is 0. The van der Waals surface area contributed by atoms with Crippen LogP contribution in [-0.2, 0) is 4.74 Å². The Morgan fingerprint density at radius 1 is 1.19 bits per heavy atom. The van der Waals surface area contributed by atoms with Crippen LogP contribution in [0, 0.1) is 0 Å². The first-order valence-corrected chi connectivity index (χ1v) is 9.20. The lowest BCUT2D eigenvalue weighted by Gasteiger charge is -2.31. The average Bonchev–Trinajstić information content (AvgIpc) is 2.79. The Balaban J connectivity index is 3.14. The Morgan fingerprint density at radius 3 is 2.19 bits per heavy atom. The summed E-state index contributed by atoms with van der Waals surface area (Å²) in [6, 6.07) is 4.10. The molecule has 1 nitrogen and oxygen atoms in total. The Bertz CT molecular complexity index is 290. The zero-order valence-electron chi connectivity index (χ0n) is 11.5. The van der Waals surface area contributed by atoms with Gasteiger partial charge in [0.1, 0.15) is 0 Å². The maximum atomic E-state index is 5.61. The molecule has 0 radical (unpaired) electrons. The molecule has 0 N–H and O–H groups in total. The van der Waals surface area contributed by atoms with E-state index in [-0.39, 0.29) is 0 Å². The normalized spacial score (nSPS) is 22.9. The van der Waals surface area contributed by atoms with Crippen LogP contribution >= 0.6 is 0 Å². The first kappa shape index (κ1) is 13.7. The van der Waals surface area contributed by atoms with Gasteiger partial charge in [-0.2, -0.15) is 0 Å². The zero-order valence-corrected chi connectivity index (χ0v) is 12.5. The van der Waals surface area contributed by atoms with Gasteiger partial charge in [-0.05, 0) is 25.0 Å². The van der Waals surface area contributed by atoms with Crippen LogP contribution in [0.5, 0.6) is 0 Å². The summed E-state index contributed by atoms with van der Waals surface area (Å²) in [7, 11) is -1.19. The van der Waals surface area contributed by atoms with Gasteiger partial charge in [-0.3, -0.25) is 0 Å². The van der Waals surface area contributed by atoms with Crippen molar-refractivity contribution in [2.24, 2.45) is 0 Å². The second-order valence-electron chi connectivity index (χ2n) is 4.75. The van der Waals surface area contributed by atoms with Crippen LogP contribution in [0.2, 0.25) is 18.1 Å². The van der Waals surface area contributed by atoms with E-state index in [9.17, 15) is 0 Å². The van der Waals surface area contributed by atoms with E-state index in [2.05, 4.69) is 40.7 Å². The minimum absolute atomic E-state index is 0.824. The molecule has 0 bridgehead atoms. The molecule has 1 aliphatic rings. The Morgan fingerprint density at radius 2 is 1.75 bits per heavy atom. The van der Waals surface area contributed by atoms with Crippen molar-refractivity contribution in [1.82, 2.24) is 0 Å². The van der Waals surface area contributed by atoms with Crippen molar-refractivity contribution < 1.29 is 4.74 Å². The molecule has 0 aliphatic carbocycles. The first-order valence-electron chi connectivity index (χ1n) is 6.58. The van der Waals surface area contributed by atoms with Gasteiger partial charge in [0, 0.05) is 0 Å². The van der Waals surface area contributed by atoms with Gasteiger partial charge in [0.25, 0.3) is 0 Å². The second-order valence-corrected chi connectivity index (χ2v) is 10.2. The van der Waals surface area contributed by atoms with Crippen molar-refractivity contribution in [3.63, 3.8) is 0 Å². The third-order valence-corrected chi connectivity index (χ3v) is 10.5. The largest absolute Gasteiger partial charge is 0.372 e. The fraction of sp³-hybridized carbons (Fsp3) is 0.714. The van der Waals surface area contributed by atoms with Crippen LogP contribution in [0.4, 0.5) is 0 Å². The second kappa shape index (κ2) is 5.83. The topological polar surface area (TPSA) is 9.23 Å². The van der Waals surface area contributed by atoms with Gasteiger partial charge in [0.15, 0.2) is 0 Å². The molecule has 0 atom stereocenters. The van der Waals surface area contributed by atoms with Crippen molar-refractivity contribution in [2.75, 3.05) is 13.2 Å². The highest BCUT2D eigenvalue weighted by Crippen LogP contribution is 2.34. The maximum Gasteiger partial charge on any atom is 0.0808 e. The summed E-state index contributed by atoms with van der Waals surface area (Å²) in [4.78, 5) is 0. The molecule has 1 heterocycles. The fourth-order valence-corrected chi connectivity index (χ4v) is 6.88. The fourth-order valence-electron chi connectivity index (χ4n) is 2.92. The van der Waals surface area contributed by atoms with E-state index in [1.165, 1.54) is 29.3 Å². The summed E-state index contributed by atoms with van der Waals surface area (Å²) in [6.45, 7) is 13.3. The van der Waals surface area contributed by atoms with Crippen LogP contribution in [0.25, 0.3) is 0 Å². The zero-order chi connectivity index (χ0) is 12.2. The van der Waals surface area contributed by atoms with Gasteiger partial charge in [-0.1, -0.05) is 50.2 Å². The van der Waals surface area contributed by atoms with Crippen LogP contribution in [0.15, 0.2) is 22.4 Å². The minimum atomic E-state index is -1.19. The summed E-state index contributed by atoms with van der Waals surface area (Å²) in [5.41, 5.74) is 2.96. The lowest BCUT2D eigenvalue weighted by Crippen LogP contribution is -2.34. The predicted octanol–water partition coefficient (Wildman–Crippen LogP) is 4.33. The highest BCUT2D eigenvalue weighted by molar-refractivity contribution is 6.86. The molecule has 1 fully saturated rings. The van der Waals surface area contributed by atoms with Crippen LogP contribution in [0.3, 0.4) is 0 Å². The smallest absolute Gasteiger partial charge is 0.0808 e. The Labute approximate surface area is 102 Å². The summed E-state index contributed by atoms with van der Waals surface area (Å²) < 4.78 is 5.61. The molecule has 16 heavy (non-hydrogen) atoms. The van der Waals surface area contributed by atoms with Gasteiger partial charge < -0.3 is 4.74 Å². The molecule has 2 heteroatoms. The van der Waals surface area contributed by atoms with Gasteiger partial charge in [-0.15, -0.1) is 0 Å². The quantitative estimate of drug-likeness (QED) is 0.663. The van der Waals surface area contributed by atoms with E-state index < -0.39 is 8.07 Å². The lowest BCUT2D eigenvalue weighted by molar-refractivity contribution is 0.214. The Hall–Kier alpha value is -0.343. The molecule has 0 aromatic heterocycles. The molecular weight excluding hydrogens is 212 g/mol. The third-order valence-electron chi connectivity index (χ3n) is 4.52. The number of allylic oxidation sites excluding steroid dienone is 2. The van der Waals surface area contributed by atoms with E-state index in [1.54, 1.807) is 5.20 Å². The highest BCUT2D eigenvalue weighted by atomic mass is 28.3. The molecule has 0 aromatic rings. The van der Waals surface area contributed by atoms with Crippen LogP contribution in [-0.4, -0.2) is 21.3 Å². The molecule has 0 unspecified atom stereocenters. The molecule has 1 rings (SSSR count). The molecule has 92 valence electrons. The molecule has 0 aromatic carbocycles. The van der Waals surface area contributed by atoms with E-state index >= 15 is 0 Å². The Kier molecular flexibility index (Phi) is 5.00. The summed E-state index contributed by atoms with van der Waals surface area (Å²) in [5.74, 6) is 0. The first-order chi connectivity index (χ1) is 7.65. The maximum absolute atomic E-state index is 5.61. The SMILES string of the molecule is C/C=C1\COC\C1=C(/C)[Si](CC)(CC)CC. The standard InChI is InChI=1S/C14H26OSi/c1-6-13-10-15-11-14(13)12(5)16(7-2,8-3)9-4/h6H,7-11H2,1-5H3/b13-6+,14-12-. The van der Waals surface area contributed by atoms with Gasteiger partial charge in [0.05, 0.1) is 21.3 Å². The van der Waals surface area contributed by atoms with E-state index in [4.69, 9.17) is 4.74 Å². The number of rotatable bonds is 4. The van der Waals surface area contributed by atoms with E-state index in [0.717, 1.165) is 13.2 Å². The van der Waals surface area contributed by atoms with Crippen molar-refractivity contribution in [2.45, 2.75) is 52.8 Å². The molecule has 0 spiro atoms. The van der Waals surface area contributed by atoms with Crippen molar-refractivity contribution >= 4 is 8.07 Å². The summed E-state index contributed by atoms with van der Waals surface area (Å²) in [6.07, 6.45) is 2.23. The van der Waals surface area contributed by atoms with Gasteiger partial charge in [-0.25, -0.2) is 0 Å². The molecule has 1 aliphatic heterocycles. The van der Waals surface area contributed by atoms with E-state index in [1.807, 2.05) is 0 Å². The summed E-state index contributed by atoms with van der Waals surface area (Å²) >= 11 is 0.